The molecule has 0 bridgehead atoms. The summed E-state index contributed by atoms with van der Waals surface area (Å²) in [4.78, 5) is 15.6. The zero-order chi connectivity index (χ0) is 12.3. The fourth-order valence-electron chi connectivity index (χ4n) is 1.05. The van der Waals surface area contributed by atoms with Crippen LogP contribution in [0.5, 0.6) is 0 Å². The Kier molecular flexibility index (Phi) is 3.42. The standard InChI is InChI=1S/C7H6ClN7OS/c8-4-1-3(2-5(10-4)12-9)6(16)11-7-13-14-15-17-7/h1-2H,9H2,(H,10,12)(H,11,13,15,16). The molecule has 2 aromatic heterocycles. The zero-order valence-corrected chi connectivity index (χ0v) is 9.79. The summed E-state index contributed by atoms with van der Waals surface area (Å²) in [5.41, 5.74) is 2.61. The van der Waals surface area contributed by atoms with Crippen LogP contribution in [0.15, 0.2) is 12.1 Å². The third-order valence-corrected chi connectivity index (χ3v) is 2.43. The van der Waals surface area contributed by atoms with Crippen molar-refractivity contribution in [3.8, 4) is 0 Å². The summed E-state index contributed by atoms with van der Waals surface area (Å²) in [6.07, 6.45) is 0. The smallest absolute Gasteiger partial charge is 0.257 e. The van der Waals surface area contributed by atoms with Crippen LogP contribution in [-0.2, 0) is 0 Å². The highest BCUT2D eigenvalue weighted by Crippen LogP contribution is 2.15. The van der Waals surface area contributed by atoms with Crippen molar-refractivity contribution in [2.45, 2.75) is 0 Å². The van der Waals surface area contributed by atoms with Crippen LogP contribution in [0.3, 0.4) is 0 Å². The number of halogens is 1. The predicted octanol–water partition coefficient (Wildman–Crippen LogP) is 0.519. The number of nitrogens with zero attached hydrogens (tertiary/aromatic N) is 4. The summed E-state index contributed by atoms with van der Waals surface area (Å²) in [5.74, 6) is 5.08. The Labute approximate surface area is 104 Å². The summed E-state index contributed by atoms with van der Waals surface area (Å²) in [7, 11) is 0. The average Bonchev–Trinajstić information content (AvgIpc) is 2.81. The number of hydrazine groups is 1. The van der Waals surface area contributed by atoms with Crippen molar-refractivity contribution < 1.29 is 4.79 Å². The minimum Gasteiger partial charge on any atom is -0.308 e. The van der Waals surface area contributed by atoms with E-state index in [-0.39, 0.29) is 11.0 Å². The summed E-state index contributed by atoms with van der Waals surface area (Å²) in [6, 6.07) is 2.86. The number of hydrogen-bond donors (Lipinski definition) is 3. The molecule has 1 amide bonds. The van der Waals surface area contributed by atoms with E-state index in [4.69, 9.17) is 17.4 Å². The second-order valence-corrected chi connectivity index (χ2v) is 3.95. The maximum atomic E-state index is 11.8. The van der Waals surface area contributed by atoms with Crippen molar-refractivity contribution in [3.63, 3.8) is 0 Å². The Bertz CT molecular complexity index is 531. The number of hydrogen-bond acceptors (Lipinski definition) is 8. The molecule has 0 aliphatic rings. The van der Waals surface area contributed by atoms with Crippen LogP contribution in [0.2, 0.25) is 5.15 Å². The molecule has 4 N–H and O–H groups in total. The first-order valence-electron chi connectivity index (χ1n) is 4.29. The summed E-state index contributed by atoms with van der Waals surface area (Å²) in [6.45, 7) is 0. The number of carbonyl (C=O) groups excluding carboxylic acids is 1. The largest absolute Gasteiger partial charge is 0.308 e. The van der Waals surface area contributed by atoms with Crippen LogP contribution in [0.1, 0.15) is 10.4 Å². The molecule has 0 fully saturated rings. The third-order valence-electron chi connectivity index (χ3n) is 1.72. The second-order valence-electron chi connectivity index (χ2n) is 2.83. The molecule has 10 heteroatoms. The molecule has 0 unspecified atom stereocenters. The molecule has 88 valence electrons. The number of carbonyl (C=O) groups is 1. The van der Waals surface area contributed by atoms with Gasteiger partial charge in [0.15, 0.2) is 0 Å². The lowest BCUT2D eigenvalue weighted by Crippen LogP contribution is -2.14. The Morgan fingerprint density at radius 2 is 2.29 bits per heavy atom. The first kappa shape index (κ1) is 11.6. The summed E-state index contributed by atoms with van der Waals surface area (Å²) in [5, 5.41) is 9.89. The van der Waals surface area contributed by atoms with Gasteiger partial charge in [-0.1, -0.05) is 21.2 Å². The lowest BCUT2D eigenvalue weighted by molar-refractivity contribution is 0.102. The van der Waals surface area contributed by atoms with Gasteiger partial charge in [0.1, 0.15) is 11.0 Å². The Balaban J connectivity index is 2.21. The molecule has 0 saturated carbocycles. The van der Waals surface area contributed by atoms with E-state index in [1.807, 2.05) is 0 Å². The highest BCUT2D eigenvalue weighted by molar-refractivity contribution is 7.09. The lowest BCUT2D eigenvalue weighted by atomic mass is 10.2. The van der Waals surface area contributed by atoms with E-state index >= 15 is 0 Å². The number of pyridine rings is 1. The van der Waals surface area contributed by atoms with E-state index in [0.717, 1.165) is 11.5 Å². The highest BCUT2D eigenvalue weighted by Gasteiger charge is 2.11. The minimum atomic E-state index is -0.399. The fourth-order valence-corrected chi connectivity index (χ4v) is 1.62. The van der Waals surface area contributed by atoms with E-state index in [1.165, 1.54) is 12.1 Å². The van der Waals surface area contributed by atoms with Crippen molar-refractivity contribution in [1.29, 1.82) is 0 Å². The van der Waals surface area contributed by atoms with Crippen molar-refractivity contribution >= 4 is 40.0 Å². The van der Waals surface area contributed by atoms with Gasteiger partial charge < -0.3 is 5.43 Å². The quantitative estimate of drug-likeness (QED) is 0.423. The number of amides is 1. The summed E-state index contributed by atoms with van der Waals surface area (Å²) >= 11 is 6.70. The molecule has 0 aliphatic carbocycles. The zero-order valence-electron chi connectivity index (χ0n) is 8.22. The molecule has 0 atom stereocenters. The normalized spacial score (nSPS) is 10.0. The van der Waals surface area contributed by atoms with Crippen molar-refractivity contribution in [2.75, 3.05) is 10.7 Å². The molecule has 0 radical (unpaired) electrons. The van der Waals surface area contributed by atoms with Crippen LogP contribution in [0, 0.1) is 0 Å². The van der Waals surface area contributed by atoms with Gasteiger partial charge in [0.2, 0.25) is 5.13 Å². The number of rotatable bonds is 3. The van der Waals surface area contributed by atoms with Crippen molar-refractivity contribution in [3.05, 3.63) is 22.8 Å². The van der Waals surface area contributed by atoms with Gasteiger partial charge in [-0.15, -0.1) is 0 Å². The molecule has 2 rings (SSSR count). The van der Waals surface area contributed by atoms with Gasteiger partial charge in [-0.05, 0) is 17.3 Å². The maximum absolute atomic E-state index is 11.8. The Hall–Kier alpha value is -1.84. The molecule has 0 aliphatic heterocycles. The maximum Gasteiger partial charge on any atom is 0.257 e. The number of anilines is 2. The van der Waals surface area contributed by atoms with Crippen molar-refractivity contribution in [2.24, 2.45) is 5.84 Å². The molecule has 8 nitrogen and oxygen atoms in total. The van der Waals surface area contributed by atoms with Gasteiger partial charge in [-0.2, -0.15) is 0 Å². The fraction of sp³-hybridized carbons (Fsp3) is 0. The van der Waals surface area contributed by atoms with Crippen LogP contribution in [0.4, 0.5) is 10.9 Å². The molecule has 0 spiro atoms. The van der Waals surface area contributed by atoms with Gasteiger partial charge in [-0.3, -0.25) is 10.1 Å². The third kappa shape index (κ3) is 2.84. The van der Waals surface area contributed by atoms with Gasteiger partial charge >= 0.3 is 0 Å². The highest BCUT2D eigenvalue weighted by atomic mass is 35.5. The molecule has 17 heavy (non-hydrogen) atoms. The van der Waals surface area contributed by atoms with Crippen LogP contribution >= 0.6 is 23.1 Å². The molecule has 0 aromatic carbocycles. The van der Waals surface area contributed by atoms with Crippen LogP contribution in [-0.4, -0.2) is 25.7 Å². The first-order valence-corrected chi connectivity index (χ1v) is 5.45. The average molecular weight is 272 g/mol. The topological polar surface area (TPSA) is 119 Å². The van der Waals surface area contributed by atoms with E-state index in [0.29, 0.717) is 10.7 Å². The molecular weight excluding hydrogens is 266 g/mol. The predicted molar refractivity (Wildman–Crippen MR) is 62.7 cm³/mol. The van der Waals surface area contributed by atoms with Gasteiger partial charge in [0, 0.05) is 17.1 Å². The van der Waals surface area contributed by atoms with Crippen LogP contribution in [0.25, 0.3) is 0 Å². The van der Waals surface area contributed by atoms with E-state index in [9.17, 15) is 4.79 Å². The van der Waals surface area contributed by atoms with Crippen molar-refractivity contribution in [1.82, 2.24) is 19.8 Å². The number of aromatic nitrogens is 4. The molecule has 0 saturated heterocycles. The first-order chi connectivity index (χ1) is 8.19. The van der Waals surface area contributed by atoms with E-state index in [2.05, 4.69) is 30.5 Å². The van der Waals surface area contributed by atoms with E-state index < -0.39 is 5.91 Å². The van der Waals surface area contributed by atoms with Gasteiger partial charge in [0.25, 0.3) is 5.91 Å². The monoisotopic (exact) mass is 271 g/mol. The molecule has 2 heterocycles. The Morgan fingerprint density at radius 1 is 1.47 bits per heavy atom. The van der Waals surface area contributed by atoms with Gasteiger partial charge in [-0.25, -0.2) is 10.8 Å². The Morgan fingerprint density at radius 3 is 2.94 bits per heavy atom. The minimum absolute atomic E-state index is 0.154. The second kappa shape index (κ2) is 4.99. The summed E-state index contributed by atoms with van der Waals surface area (Å²) < 4.78 is 3.52. The van der Waals surface area contributed by atoms with E-state index in [1.54, 1.807) is 0 Å². The van der Waals surface area contributed by atoms with Gasteiger partial charge in [0.05, 0.1) is 0 Å². The molecule has 2 aromatic rings. The van der Waals surface area contributed by atoms with Crippen LogP contribution < -0.4 is 16.6 Å². The lowest BCUT2D eigenvalue weighted by Gasteiger charge is -2.04. The number of nitrogen functional groups attached to an aromatic ring is 1. The number of nitrogens with two attached hydrogens (primary N) is 1. The SMILES string of the molecule is NNc1cc(C(=O)Nc2nnns2)cc(Cl)n1. The molecular formula is C7H6ClN7OS. The number of nitrogens with one attached hydrogen (secondary N) is 2.